The summed E-state index contributed by atoms with van der Waals surface area (Å²) >= 11 is 0. The highest BCUT2D eigenvalue weighted by Gasteiger charge is 2.26. The molecule has 0 aromatic carbocycles. The van der Waals surface area contributed by atoms with Gasteiger partial charge in [-0.2, -0.15) is 5.10 Å². The largest absolute Gasteiger partial charge is 0.493 e. The molecule has 4 rings (SSSR count). The zero-order valence-corrected chi connectivity index (χ0v) is 16.6. The van der Waals surface area contributed by atoms with Gasteiger partial charge in [-0.15, -0.1) is 0 Å². The maximum atomic E-state index is 14.6. The standard InChI is InChI=1S/C19H24FN7O2/c1-19(2,28)16-14(29-3)10-27-17(26-16)12(8-23-27)15-13(20)9-22-18(25-15)24-11-5-4-6-21-7-11/h8-11,21,28H,4-7H2,1-3H3,(H,22,24,25)/t11-/m1/s1. The Bertz CT molecular complexity index is 1030. The molecular formula is C19H24FN7O2. The first-order valence-electron chi connectivity index (χ1n) is 9.52. The number of hydrogen-bond donors (Lipinski definition) is 3. The number of fused-ring (bicyclic) bond motifs is 1. The lowest BCUT2D eigenvalue weighted by molar-refractivity contribution is 0.0707. The minimum absolute atomic E-state index is 0.0978. The van der Waals surface area contributed by atoms with Crippen molar-refractivity contribution in [3.05, 3.63) is 30.1 Å². The van der Waals surface area contributed by atoms with Crippen LogP contribution in [0, 0.1) is 5.82 Å². The van der Waals surface area contributed by atoms with Gasteiger partial charge in [0.05, 0.1) is 31.3 Å². The fourth-order valence-corrected chi connectivity index (χ4v) is 3.43. The third kappa shape index (κ3) is 3.85. The minimum Gasteiger partial charge on any atom is -0.493 e. The third-order valence-electron chi connectivity index (χ3n) is 4.89. The molecule has 3 N–H and O–H groups in total. The van der Waals surface area contributed by atoms with Gasteiger partial charge in [-0.3, -0.25) is 0 Å². The van der Waals surface area contributed by atoms with Crippen LogP contribution in [0.25, 0.3) is 16.9 Å². The van der Waals surface area contributed by atoms with Crippen molar-refractivity contribution in [2.45, 2.75) is 38.3 Å². The molecule has 0 saturated carbocycles. The van der Waals surface area contributed by atoms with Crippen LogP contribution in [-0.4, -0.2) is 55.9 Å². The quantitative estimate of drug-likeness (QED) is 0.593. The Balaban J connectivity index is 1.76. The van der Waals surface area contributed by atoms with E-state index in [1.807, 2.05) is 0 Å². The molecule has 1 atom stereocenters. The van der Waals surface area contributed by atoms with E-state index in [4.69, 9.17) is 4.74 Å². The van der Waals surface area contributed by atoms with Crippen LogP contribution in [0.2, 0.25) is 0 Å². The molecule has 1 aliphatic rings. The van der Waals surface area contributed by atoms with Crippen LogP contribution in [0.4, 0.5) is 10.3 Å². The normalized spacial score (nSPS) is 17.5. The molecule has 3 aromatic heterocycles. The summed E-state index contributed by atoms with van der Waals surface area (Å²) in [4.78, 5) is 13.0. The highest BCUT2D eigenvalue weighted by molar-refractivity contribution is 5.75. The van der Waals surface area contributed by atoms with Crippen molar-refractivity contribution in [1.29, 1.82) is 0 Å². The Kier molecular flexibility index (Phi) is 5.05. The zero-order valence-electron chi connectivity index (χ0n) is 16.6. The highest BCUT2D eigenvalue weighted by atomic mass is 19.1. The minimum atomic E-state index is -1.25. The second kappa shape index (κ2) is 7.53. The van der Waals surface area contributed by atoms with Crippen molar-refractivity contribution in [2.24, 2.45) is 0 Å². The molecule has 4 heterocycles. The molecule has 154 valence electrons. The molecule has 1 saturated heterocycles. The first kappa shape index (κ1) is 19.5. The maximum Gasteiger partial charge on any atom is 0.223 e. The molecule has 29 heavy (non-hydrogen) atoms. The number of aliphatic hydroxyl groups is 1. The SMILES string of the molecule is COc1cn2ncc(-c3nc(N[C@@H]4CCCNC4)ncc3F)c2nc1C(C)(C)O. The van der Waals surface area contributed by atoms with Crippen LogP contribution < -0.4 is 15.4 Å². The van der Waals surface area contributed by atoms with E-state index < -0.39 is 11.4 Å². The molecule has 0 bridgehead atoms. The summed E-state index contributed by atoms with van der Waals surface area (Å²) in [5.41, 5.74) is -0.0517. The molecule has 0 radical (unpaired) electrons. The fourth-order valence-electron chi connectivity index (χ4n) is 3.43. The van der Waals surface area contributed by atoms with E-state index in [1.54, 1.807) is 20.0 Å². The van der Waals surface area contributed by atoms with Gasteiger partial charge in [-0.05, 0) is 33.2 Å². The molecule has 1 fully saturated rings. The first-order chi connectivity index (χ1) is 13.9. The van der Waals surface area contributed by atoms with E-state index in [9.17, 15) is 9.50 Å². The van der Waals surface area contributed by atoms with Crippen molar-refractivity contribution in [1.82, 2.24) is 29.9 Å². The lowest BCUT2D eigenvalue weighted by Gasteiger charge is -2.23. The predicted molar refractivity (Wildman–Crippen MR) is 105 cm³/mol. The number of ether oxygens (including phenoxy) is 1. The molecular weight excluding hydrogens is 377 g/mol. The number of aromatic nitrogens is 5. The summed E-state index contributed by atoms with van der Waals surface area (Å²) in [5, 5.41) is 21.3. The maximum absolute atomic E-state index is 14.6. The van der Waals surface area contributed by atoms with Crippen molar-refractivity contribution in [2.75, 3.05) is 25.5 Å². The summed E-state index contributed by atoms with van der Waals surface area (Å²) < 4.78 is 21.4. The summed E-state index contributed by atoms with van der Waals surface area (Å²) in [7, 11) is 1.49. The van der Waals surface area contributed by atoms with E-state index in [1.165, 1.54) is 17.8 Å². The topological polar surface area (TPSA) is 109 Å². The Labute approximate surface area is 167 Å². The Hall–Kier alpha value is -2.85. The molecule has 1 aliphatic heterocycles. The highest BCUT2D eigenvalue weighted by Crippen LogP contribution is 2.31. The number of nitrogens with one attached hydrogen (secondary N) is 2. The monoisotopic (exact) mass is 401 g/mol. The van der Waals surface area contributed by atoms with Crippen molar-refractivity contribution in [3.63, 3.8) is 0 Å². The lowest BCUT2D eigenvalue weighted by Crippen LogP contribution is -2.38. The van der Waals surface area contributed by atoms with E-state index in [0.29, 0.717) is 28.6 Å². The second-order valence-corrected chi connectivity index (χ2v) is 7.62. The van der Waals surface area contributed by atoms with Crippen molar-refractivity contribution < 1.29 is 14.2 Å². The number of halogens is 1. The van der Waals surface area contributed by atoms with Gasteiger partial charge in [0.2, 0.25) is 5.95 Å². The molecule has 0 aliphatic carbocycles. The number of methoxy groups -OCH3 is 1. The smallest absolute Gasteiger partial charge is 0.223 e. The van der Waals surface area contributed by atoms with Gasteiger partial charge in [0.1, 0.15) is 17.0 Å². The summed E-state index contributed by atoms with van der Waals surface area (Å²) in [6, 6.07) is 0.190. The second-order valence-electron chi connectivity index (χ2n) is 7.62. The van der Waals surface area contributed by atoms with Gasteiger partial charge in [-0.1, -0.05) is 0 Å². The summed E-state index contributed by atoms with van der Waals surface area (Å²) in [6.07, 6.45) is 6.30. The van der Waals surface area contributed by atoms with Gasteiger partial charge in [0, 0.05) is 12.6 Å². The van der Waals surface area contributed by atoms with Gasteiger partial charge < -0.3 is 20.5 Å². The van der Waals surface area contributed by atoms with E-state index in [2.05, 4.69) is 30.7 Å². The predicted octanol–water partition coefficient (Wildman–Crippen LogP) is 1.73. The van der Waals surface area contributed by atoms with Crippen LogP contribution in [0.1, 0.15) is 32.4 Å². The Morgan fingerprint density at radius 2 is 2.17 bits per heavy atom. The van der Waals surface area contributed by atoms with E-state index in [-0.39, 0.29) is 11.7 Å². The summed E-state index contributed by atoms with van der Waals surface area (Å²) in [6.45, 7) is 5.02. The molecule has 9 nitrogen and oxygen atoms in total. The summed E-state index contributed by atoms with van der Waals surface area (Å²) in [5.74, 6) is 0.162. The van der Waals surface area contributed by atoms with E-state index >= 15 is 0 Å². The molecule has 3 aromatic rings. The molecule has 0 spiro atoms. The zero-order chi connectivity index (χ0) is 20.6. The van der Waals surface area contributed by atoms with Crippen LogP contribution in [0.3, 0.4) is 0 Å². The number of nitrogens with zero attached hydrogens (tertiary/aromatic N) is 5. The Morgan fingerprint density at radius 1 is 1.34 bits per heavy atom. The number of piperidine rings is 1. The molecule has 0 amide bonds. The lowest BCUT2D eigenvalue weighted by atomic mass is 10.0. The van der Waals surface area contributed by atoms with Gasteiger partial charge in [0.25, 0.3) is 0 Å². The van der Waals surface area contributed by atoms with Crippen LogP contribution in [-0.2, 0) is 5.60 Å². The van der Waals surface area contributed by atoms with Crippen molar-refractivity contribution in [3.8, 4) is 17.0 Å². The van der Waals surface area contributed by atoms with Gasteiger partial charge >= 0.3 is 0 Å². The number of hydrogen-bond acceptors (Lipinski definition) is 8. The third-order valence-corrected chi connectivity index (χ3v) is 4.89. The first-order valence-corrected chi connectivity index (χ1v) is 9.52. The average Bonchev–Trinajstić information content (AvgIpc) is 3.11. The van der Waals surface area contributed by atoms with Gasteiger partial charge in [0.15, 0.2) is 17.2 Å². The molecule has 10 heteroatoms. The van der Waals surface area contributed by atoms with Crippen LogP contribution in [0.15, 0.2) is 18.6 Å². The number of anilines is 1. The van der Waals surface area contributed by atoms with Crippen LogP contribution in [0.5, 0.6) is 5.75 Å². The van der Waals surface area contributed by atoms with Gasteiger partial charge in [-0.25, -0.2) is 23.9 Å². The van der Waals surface area contributed by atoms with E-state index in [0.717, 1.165) is 32.1 Å². The van der Waals surface area contributed by atoms with Crippen LogP contribution >= 0.6 is 0 Å². The Morgan fingerprint density at radius 3 is 2.86 bits per heavy atom. The fraction of sp³-hybridized carbons (Fsp3) is 0.474. The number of rotatable bonds is 5. The average molecular weight is 401 g/mol. The molecule has 0 unspecified atom stereocenters. The van der Waals surface area contributed by atoms with Crippen molar-refractivity contribution >= 4 is 11.6 Å².